The highest BCUT2D eigenvalue weighted by molar-refractivity contribution is 5.26. The summed E-state index contributed by atoms with van der Waals surface area (Å²) in [6.07, 6.45) is 2.20. The Balaban J connectivity index is 2.70. The molecule has 2 atom stereocenters. The Hall–Kier alpha value is -0.820. The highest BCUT2D eigenvalue weighted by atomic mass is 14.6. The van der Waals surface area contributed by atoms with E-state index in [2.05, 4.69) is 52.0 Å². The van der Waals surface area contributed by atoms with E-state index in [0.717, 1.165) is 18.8 Å². The Morgan fingerprint density at radius 2 is 1.62 bits per heavy atom. The lowest BCUT2D eigenvalue weighted by molar-refractivity contribution is 0.551. The van der Waals surface area contributed by atoms with Gasteiger partial charge in [0.2, 0.25) is 0 Å². The van der Waals surface area contributed by atoms with Crippen LogP contribution in [0.5, 0.6) is 0 Å². The van der Waals surface area contributed by atoms with Crippen LogP contribution in [-0.4, -0.2) is 6.04 Å². The second kappa shape index (κ2) is 6.05. The van der Waals surface area contributed by atoms with E-state index < -0.39 is 0 Å². The first kappa shape index (κ1) is 13.2. The third kappa shape index (κ3) is 3.64. The maximum Gasteiger partial charge on any atom is 0.0103 e. The van der Waals surface area contributed by atoms with Crippen molar-refractivity contribution in [2.75, 3.05) is 0 Å². The summed E-state index contributed by atoms with van der Waals surface area (Å²) in [7, 11) is 0. The molecule has 1 aromatic rings. The van der Waals surface area contributed by atoms with Crippen molar-refractivity contribution in [3.8, 4) is 0 Å². The molecule has 1 aromatic carbocycles. The van der Waals surface area contributed by atoms with Gasteiger partial charge in [0.1, 0.15) is 0 Å². The molecule has 0 fully saturated rings. The first-order valence-corrected chi connectivity index (χ1v) is 6.39. The standard InChI is InChI=1S/C15H25N/c1-5-15(16)12(4)14-8-6-13(7-9-14)10-11(2)3/h6-9,11-12,15H,5,10,16H2,1-4H3. The van der Waals surface area contributed by atoms with Crippen LogP contribution in [0.1, 0.15) is 51.2 Å². The Kier molecular flexibility index (Phi) is 5.01. The minimum atomic E-state index is 0.274. The number of hydrogen-bond acceptors (Lipinski definition) is 1. The third-order valence-corrected chi connectivity index (χ3v) is 3.26. The van der Waals surface area contributed by atoms with E-state index in [1.54, 1.807) is 0 Å². The van der Waals surface area contributed by atoms with Crippen LogP contribution < -0.4 is 5.73 Å². The lowest BCUT2D eigenvalue weighted by atomic mass is 9.91. The zero-order chi connectivity index (χ0) is 12.1. The van der Waals surface area contributed by atoms with Crippen LogP contribution in [0.4, 0.5) is 0 Å². The van der Waals surface area contributed by atoms with Gasteiger partial charge in [0.15, 0.2) is 0 Å². The van der Waals surface area contributed by atoms with Crippen LogP contribution in [0.15, 0.2) is 24.3 Å². The number of benzene rings is 1. The summed E-state index contributed by atoms with van der Waals surface area (Å²) in [5.41, 5.74) is 8.86. The van der Waals surface area contributed by atoms with Gasteiger partial charge in [-0.05, 0) is 35.8 Å². The van der Waals surface area contributed by atoms with Crippen molar-refractivity contribution in [1.29, 1.82) is 0 Å². The average Bonchev–Trinajstić information content (AvgIpc) is 2.27. The van der Waals surface area contributed by atoms with Gasteiger partial charge in [-0.2, -0.15) is 0 Å². The lowest BCUT2D eigenvalue weighted by Gasteiger charge is -2.19. The summed E-state index contributed by atoms with van der Waals surface area (Å²) in [4.78, 5) is 0. The summed E-state index contributed by atoms with van der Waals surface area (Å²) in [6, 6.07) is 9.23. The second-order valence-corrected chi connectivity index (χ2v) is 5.20. The smallest absolute Gasteiger partial charge is 0.0103 e. The fraction of sp³-hybridized carbons (Fsp3) is 0.600. The first-order chi connectivity index (χ1) is 7.54. The molecule has 0 aromatic heterocycles. The largest absolute Gasteiger partial charge is 0.327 e. The summed E-state index contributed by atoms with van der Waals surface area (Å²) in [5.74, 6) is 1.18. The molecular weight excluding hydrogens is 194 g/mol. The molecule has 0 aliphatic heterocycles. The van der Waals surface area contributed by atoms with Crippen molar-refractivity contribution >= 4 is 0 Å². The fourth-order valence-corrected chi connectivity index (χ4v) is 2.03. The number of nitrogens with two attached hydrogens (primary N) is 1. The maximum atomic E-state index is 6.07. The molecule has 1 heteroatoms. The van der Waals surface area contributed by atoms with Crippen molar-refractivity contribution in [2.45, 2.75) is 52.5 Å². The van der Waals surface area contributed by atoms with E-state index in [9.17, 15) is 0 Å². The Morgan fingerprint density at radius 3 is 2.06 bits per heavy atom. The molecule has 0 saturated carbocycles. The van der Waals surface area contributed by atoms with Crippen LogP contribution in [-0.2, 0) is 6.42 Å². The SMILES string of the molecule is CCC(N)C(C)c1ccc(CC(C)C)cc1. The van der Waals surface area contributed by atoms with E-state index in [-0.39, 0.29) is 6.04 Å². The third-order valence-electron chi connectivity index (χ3n) is 3.26. The van der Waals surface area contributed by atoms with Crippen LogP contribution in [0, 0.1) is 5.92 Å². The molecule has 0 aliphatic carbocycles. The van der Waals surface area contributed by atoms with Crippen molar-refractivity contribution in [3.05, 3.63) is 35.4 Å². The van der Waals surface area contributed by atoms with Gasteiger partial charge in [-0.1, -0.05) is 52.0 Å². The Bertz CT molecular complexity index is 300. The molecule has 1 rings (SSSR count). The van der Waals surface area contributed by atoms with Gasteiger partial charge in [-0.3, -0.25) is 0 Å². The molecule has 16 heavy (non-hydrogen) atoms. The Morgan fingerprint density at radius 1 is 1.06 bits per heavy atom. The van der Waals surface area contributed by atoms with E-state index in [4.69, 9.17) is 5.73 Å². The van der Waals surface area contributed by atoms with Crippen LogP contribution in [0.2, 0.25) is 0 Å². The van der Waals surface area contributed by atoms with Crippen molar-refractivity contribution in [2.24, 2.45) is 11.7 Å². The molecule has 0 heterocycles. The topological polar surface area (TPSA) is 26.0 Å². The van der Waals surface area contributed by atoms with E-state index in [1.807, 2.05) is 0 Å². The zero-order valence-corrected chi connectivity index (χ0v) is 11.0. The predicted octanol–water partition coefficient (Wildman–Crippen LogP) is 3.73. The van der Waals surface area contributed by atoms with Crippen LogP contribution >= 0.6 is 0 Å². The average molecular weight is 219 g/mol. The zero-order valence-electron chi connectivity index (χ0n) is 11.0. The van der Waals surface area contributed by atoms with Crippen molar-refractivity contribution in [3.63, 3.8) is 0 Å². The highest BCUT2D eigenvalue weighted by Crippen LogP contribution is 2.20. The van der Waals surface area contributed by atoms with E-state index >= 15 is 0 Å². The van der Waals surface area contributed by atoms with Gasteiger partial charge in [-0.15, -0.1) is 0 Å². The van der Waals surface area contributed by atoms with E-state index in [1.165, 1.54) is 11.1 Å². The maximum absolute atomic E-state index is 6.07. The predicted molar refractivity (Wildman–Crippen MR) is 71.7 cm³/mol. The van der Waals surface area contributed by atoms with Gasteiger partial charge in [0, 0.05) is 6.04 Å². The van der Waals surface area contributed by atoms with E-state index in [0.29, 0.717) is 5.92 Å². The quantitative estimate of drug-likeness (QED) is 0.802. The van der Waals surface area contributed by atoms with Gasteiger partial charge < -0.3 is 5.73 Å². The van der Waals surface area contributed by atoms with Gasteiger partial charge in [-0.25, -0.2) is 0 Å². The van der Waals surface area contributed by atoms with Gasteiger partial charge in [0.25, 0.3) is 0 Å². The molecule has 0 bridgehead atoms. The van der Waals surface area contributed by atoms with Gasteiger partial charge >= 0.3 is 0 Å². The molecule has 90 valence electrons. The minimum absolute atomic E-state index is 0.274. The molecule has 0 aliphatic rings. The summed E-state index contributed by atoms with van der Waals surface area (Å²) in [5, 5.41) is 0. The van der Waals surface area contributed by atoms with Crippen molar-refractivity contribution in [1.82, 2.24) is 0 Å². The molecule has 2 N–H and O–H groups in total. The summed E-state index contributed by atoms with van der Waals surface area (Å²) >= 11 is 0. The van der Waals surface area contributed by atoms with Crippen LogP contribution in [0.25, 0.3) is 0 Å². The monoisotopic (exact) mass is 219 g/mol. The lowest BCUT2D eigenvalue weighted by Crippen LogP contribution is -2.25. The minimum Gasteiger partial charge on any atom is -0.327 e. The normalized spacial score (nSPS) is 15.1. The fourth-order valence-electron chi connectivity index (χ4n) is 2.03. The van der Waals surface area contributed by atoms with Gasteiger partial charge in [0.05, 0.1) is 0 Å². The molecule has 2 unspecified atom stereocenters. The second-order valence-electron chi connectivity index (χ2n) is 5.20. The molecule has 0 spiro atoms. The molecular formula is C15H25N. The summed E-state index contributed by atoms with van der Waals surface area (Å²) in [6.45, 7) is 8.87. The van der Waals surface area contributed by atoms with Crippen molar-refractivity contribution < 1.29 is 0 Å². The molecule has 0 amide bonds. The first-order valence-electron chi connectivity index (χ1n) is 6.39. The summed E-state index contributed by atoms with van der Waals surface area (Å²) < 4.78 is 0. The molecule has 0 radical (unpaired) electrons. The molecule has 0 saturated heterocycles. The Labute approximate surface area is 100 Å². The molecule has 1 nitrogen and oxygen atoms in total. The highest BCUT2D eigenvalue weighted by Gasteiger charge is 2.12. The van der Waals surface area contributed by atoms with Crippen LogP contribution in [0.3, 0.4) is 0 Å². The number of rotatable bonds is 5. The number of hydrogen-bond donors (Lipinski definition) is 1.